The molecule has 2 aromatic rings. The van der Waals surface area contributed by atoms with E-state index in [9.17, 15) is 22.8 Å². The van der Waals surface area contributed by atoms with Crippen molar-refractivity contribution in [2.45, 2.75) is 18.7 Å². The van der Waals surface area contributed by atoms with E-state index >= 15 is 0 Å². The van der Waals surface area contributed by atoms with Crippen molar-refractivity contribution in [2.75, 3.05) is 43.5 Å². The van der Waals surface area contributed by atoms with Crippen molar-refractivity contribution in [1.82, 2.24) is 9.21 Å². The molecule has 2 heterocycles. The molecule has 0 spiro atoms. The molecule has 4 rings (SSSR count). The van der Waals surface area contributed by atoms with Crippen molar-refractivity contribution in [3.05, 3.63) is 52.5 Å². The number of ether oxygens (including phenoxy) is 1. The fourth-order valence-electron chi connectivity index (χ4n) is 3.88. The molecule has 35 heavy (non-hydrogen) atoms. The SMILES string of the molecule is CC(C)CN1C(=O)c2ccc(NC(=O)Nc3cc(S(=O)(=O)N4CCOCC4)ccc3Cl)cc2C1=O. The van der Waals surface area contributed by atoms with E-state index in [-0.39, 0.29) is 51.6 Å². The van der Waals surface area contributed by atoms with Gasteiger partial charge in [0.15, 0.2) is 0 Å². The maximum absolute atomic E-state index is 12.9. The van der Waals surface area contributed by atoms with Crippen LogP contribution in [0.3, 0.4) is 0 Å². The Morgan fingerprint density at radius 2 is 1.71 bits per heavy atom. The van der Waals surface area contributed by atoms with Gasteiger partial charge >= 0.3 is 6.03 Å². The normalized spacial score (nSPS) is 16.5. The molecule has 2 N–H and O–H groups in total. The van der Waals surface area contributed by atoms with Crippen molar-refractivity contribution < 1.29 is 27.5 Å². The summed E-state index contributed by atoms with van der Waals surface area (Å²) in [6, 6.07) is 7.83. The molecule has 0 unspecified atom stereocenters. The molecule has 10 nitrogen and oxygen atoms in total. The molecule has 2 aliphatic heterocycles. The number of morpholine rings is 1. The summed E-state index contributed by atoms with van der Waals surface area (Å²) in [6.45, 7) is 5.22. The first-order valence-corrected chi connectivity index (χ1v) is 12.9. The van der Waals surface area contributed by atoms with E-state index in [1.807, 2.05) is 13.8 Å². The van der Waals surface area contributed by atoms with Gasteiger partial charge in [0, 0.05) is 25.3 Å². The van der Waals surface area contributed by atoms with Gasteiger partial charge in [0.1, 0.15) is 0 Å². The Balaban J connectivity index is 1.49. The Hall–Kier alpha value is -2.99. The summed E-state index contributed by atoms with van der Waals surface area (Å²) >= 11 is 6.19. The zero-order chi connectivity index (χ0) is 25.3. The molecule has 0 aromatic heterocycles. The number of nitrogens with one attached hydrogen (secondary N) is 2. The molecule has 4 amide bonds. The number of hydrogen-bond donors (Lipinski definition) is 2. The highest BCUT2D eigenvalue weighted by Crippen LogP contribution is 2.29. The van der Waals surface area contributed by atoms with Gasteiger partial charge in [0.25, 0.3) is 11.8 Å². The first-order valence-electron chi connectivity index (χ1n) is 11.0. The predicted octanol–water partition coefficient (Wildman–Crippen LogP) is 3.26. The van der Waals surface area contributed by atoms with E-state index in [1.165, 1.54) is 45.6 Å². The molecule has 1 saturated heterocycles. The standard InChI is InChI=1S/C23H25ClN4O6S/c1-14(2)13-28-21(29)17-5-3-15(11-18(17)22(28)30)25-23(31)26-20-12-16(4-6-19(20)24)35(32,33)27-7-9-34-10-8-27/h3-6,11-12,14H,7-10,13H2,1-2H3,(H2,25,26,31). The molecule has 0 saturated carbocycles. The van der Waals surface area contributed by atoms with E-state index in [0.29, 0.717) is 25.4 Å². The molecule has 12 heteroatoms. The van der Waals surface area contributed by atoms with Gasteiger partial charge < -0.3 is 15.4 Å². The number of fused-ring (bicyclic) bond motifs is 1. The minimum Gasteiger partial charge on any atom is -0.379 e. The predicted molar refractivity (Wildman–Crippen MR) is 130 cm³/mol. The van der Waals surface area contributed by atoms with E-state index < -0.39 is 22.0 Å². The van der Waals surface area contributed by atoms with Crippen LogP contribution in [-0.2, 0) is 14.8 Å². The molecule has 1 fully saturated rings. The van der Waals surface area contributed by atoms with E-state index in [2.05, 4.69) is 10.6 Å². The Morgan fingerprint density at radius 3 is 2.40 bits per heavy atom. The summed E-state index contributed by atoms with van der Waals surface area (Å²) in [6.07, 6.45) is 0. The Labute approximate surface area is 208 Å². The number of carbonyl (C=O) groups is 3. The first kappa shape index (κ1) is 25.1. The van der Waals surface area contributed by atoms with Crippen LogP contribution in [0.15, 0.2) is 41.3 Å². The lowest BCUT2D eigenvalue weighted by atomic mass is 10.1. The molecule has 0 atom stereocenters. The second-order valence-electron chi connectivity index (χ2n) is 8.61. The van der Waals surface area contributed by atoms with Gasteiger partial charge in [-0.15, -0.1) is 0 Å². The van der Waals surface area contributed by atoms with Gasteiger partial charge in [-0.05, 0) is 42.3 Å². The highest BCUT2D eigenvalue weighted by atomic mass is 35.5. The summed E-state index contributed by atoms with van der Waals surface area (Å²) in [5.74, 6) is -0.653. The number of sulfonamides is 1. The quantitative estimate of drug-likeness (QED) is 0.563. The van der Waals surface area contributed by atoms with Crippen molar-refractivity contribution in [3.8, 4) is 0 Å². The van der Waals surface area contributed by atoms with Gasteiger partial charge in [-0.3, -0.25) is 14.5 Å². The van der Waals surface area contributed by atoms with Gasteiger partial charge in [0.2, 0.25) is 10.0 Å². The number of rotatable bonds is 6. The van der Waals surface area contributed by atoms with Crippen LogP contribution in [-0.4, -0.2) is 68.3 Å². The summed E-state index contributed by atoms with van der Waals surface area (Å²) in [4.78, 5) is 39.0. The highest BCUT2D eigenvalue weighted by Gasteiger charge is 2.36. The van der Waals surface area contributed by atoms with Gasteiger partial charge in [0.05, 0.1) is 39.9 Å². The van der Waals surface area contributed by atoms with Crippen LogP contribution in [0.1, 0.15) is 34.6 Å². The summed E-state index contributed by atoms with van der Waals surface area (Å²) in [5, 5.41) is 5.29. The topological polar surface area (TPSA) is 125 Å². The fraction of sp³-hybridized carbons (Fsp3) is 0.348. The van der Waals surface area contributed by atoms with Crippen molar-refractivity contribution in [3.63, 3.8) is 0 Å². The van der Waals surface area contributed by atoms with E-state index in [1.54, 1.807) is 0 Å². The van der Waals surface area contributed by atoms with Crippen molar-refractivity contribution in [2.24, 2.45) is 5.92 Å². The molecule has 0 radical (unpaired) electrons. The lowest BCUT2D eigenvalue weighted by Gasteiger charge is -2.26. The number of anilines is 2. The molecule has 2 aliphatic rings. The maximum atomic E-state index is 12.9. The lowest BCUT2D eigenvalue weighted by molar-refractivity contribution is 0.0636. The maximum Gasteiger partial charge on any atom is 0.323 e. The van der Waals surface area contributed by atoms with E-state index in [4.69, 9.17) is 16.3 Å². The van der Waals surface area contributed by atoms with Crippen molar-refractivity contribution >= 4 is 50.8 Å². The van der Waals surface area contributed by atoms with Crippen LogP contribution < -0.4 is 10.6 Å². The summed E-state index contributed by atoms with van der Waals surface area (Å²) in [5.41, 5.74) is 0.895. The number of carbonyl (C=O) groups excluding carboxylic acids is 3. The molecule has 0 aliphatic carbocycles. The lowest BCUT2D eigenvalue weighted by Crippen LogP contribution is -2.40. The zero-order valence-electron chi connectivity index (χ0n) is 19.2. The molecule has 186 valence electrons. The smallest absolute Gasteiger partial charge is 0.323 e. The number of amides is 4. The molecule has 2 aromatic carbocycles. The second-order valence-corrected chi connectivity index (χ2v) is 11.0. The first-order chi connectivity index (χ1) is 16.6. The average molecular weight is 521 g/mol. The third-order valence-corrected chi connectivity index (χ3v) is 7.79. The minimum atomic E-state index is -3.78. The van der Waals surface area contributed by atoms with Crippen LogP contribution in [0.5, 0.6) is 0 Å². The van der Waals surface area contributed by atoms with Crippen LogP contribution in [0.25, 0.3) is 0 Å². The molecule has 0 bridgehead atoms. The second kappa shape index (κ2) is 9.94. The van der Waals surface area contributed by atoms with Crippen molar-refractivity contribution in [1.29, 1.82) is 0 Å². The fourth-order valence-corrected chi connectivity index (χ4v) is 5.48. The monoisotopic (exact) mass is 520 g/mol. The Kier molecular flexibility index (Phi) is 7.13. The van der Waals surface area contributed by atoms with Crippen LogP contribution in [0.4, 0.5) is 16.2 Å². The summed E-state index contributed by atoms with van der Waals surface area (Å²) in [7, 11) is -3.78. The Morgan fingerprint density at radius 1 is 1.03 bits per heavy atom. The number of halogens is 1. The minimum absolute atomic E-state index is 0.00835. The van der Waals surface area contributed by atoms with Gasteiger partial charge in [-0.25, -0.2) is 13.2 Å². The van der Waals surface area contributed by atoms with Crippen LogP contribution in [0.2, 0.25) is 5.02 Å². The number of nitrogens with zero attached hydrogens (tertiary/aromatic N) is 2. The third kappa shape index (κ3) is 5.18. The number of hydrogen-bond acceptors (Lipinski definition) is 6. The van der Waals surface area contributed by atoms with Gasteiger partial charge in [-0.1, -0.05) is 25.4 Å². The highest BCUT2D eigenvalue weighted by molar-refractivity contribution is 7.89. The summed E-state index contributed by atoms with van der Waals surface area (Å²) < 4.78 is 32.4. The third-order valence-electron chi connectivity index (χ3n) is 5.57. The molecular formula is C23H25ClN4O6S. The van der Waals surface area contributed by atoms with Gasteiger partial charge in [-0.2, -0.15) is 4.31 Å². The number of benzene rings is 2. The van der Waals surface area contributed by atoms with Crippen LogP contribution >= 0.6 is 11.6 Å². The largest absolute Gasteiger partial charge is 0.379 e. The molecular weight excluding hydrogens is 496 g/mol. The van der Waals surface area contributed by atoms with E-state index in [0.717, 1.165) is 0 Å². The zero-order valence-corrected chi connectivity index (χ0v) is 20.8. The Bertz CT molecular complexity index is 1290. The number of imide groups is 1. The number of urea groups is 1. The van der Waals surface area contributed by atoms with Crippen LogP contribution in [0, 0.1) is 5.92 Å². The average Bonchev–Trinajstić information content (AvgIpc) is 3.05.